The monoisotopic (exact) mass is 441 g/mol. The third-order valence-electron chi connectivity index (χ3n) is 4.93. The second kappa shape index (κ2) is 10.8. The summed E-state index contributed by atoms with van der Waals surface area (Å²) in [6.45, 7) is 2.64. The normalized spacial score (nSPS) is 12.9. The van der Waals surface area contributed by atoms with E-state index in [1.165, 1.54) is 18.3 Å². The van der Waals surface area contributed by atoms with Gasteiger partial charge in [-0.1, -0.05) is 29.8 Å². The Labute approximate surface area is 185 Å². The van der Waals surface area contributed by atoms with Gasteiger partial charge in [0, 0.05) is 31.4 Å². The van der Waals surface area contributed by atoms with Gasteiger partial charge in [-0.25, -0.2) is 13.8 Å². The molecule has 32 heavy (non-hydrogen) atoms. The maximum Gasteiger partial charge on any atom is 0.253 e. The van der Waals surface area contributed by atoms with Crippen molar-refractivity contribution in [2.75, 3.05) is 6.54 Å². The second-order valence-corrected chi connectivity index (χ2v) is 7.65. The Morgan fingerprint density at radius 3 is 2.47 bits per heavy atom. The first-order valence-electron chi connectivity index (χ1n) is 10.2. The van der Waals surface area contributed by atoms with E-state index in [1.54, 1.807) is 0 Å². The van der Waals surface area contributed by atoms with E-state index in [-0.39, 0.29) is 24.4 Å². The molecule has 8 heteroatoms. The van der Waals surface area contributed by atoms with Crippen LogP contribution in [0.15, 0.2) is 60.8 Å². The third kappa shape index (κ3) is 6.83. The molecule has 0 aliphatic rings. The fourth-order valence-corrected chi connectivity index (χ4v) is 3.37. The zero-order valence-electron chi connectivity index (χ0n) is 17.6. The maximum atomic E-state index is 13.6. The topological polar surface area (TPSA) is 94.5 Å². The Kier molecular flexibility index (Phi) is 7.86. The number of nitrogens with zero attached hydrogens (tertiary/aromatic N) is 1. The van der Waals surface area contributed by atoms with Crippen molar-refractivity contribution in [3.05, 3.63) is 94.7 Å². The van der Waals surface area contributed by atoms with Crippen molar-refractivity contribution in [1.82, 2.24) is 15.6 Å². The van der Waals surface area contributed by atoms with E-state index in [9.17, 15) is 23.8 Å². The van der Waals surface area contributed by atoms with Crippen LogP contribution in [0.2, 0.25) is 0 Å². The summed E-state index contributed by atoms with van der Waals surface area (Å²) < 4.78 is 27.3. The fraction of sp³-hybridized carbons (Fsp3) is 0.250. The summed E-state index contributed by atoms with van der Waals surface area (Å²) in [5.74, 6) is -2.23. The van der Waals surface area contributed by atoms with Crippen molar-refractivity contribution in [1.29, 1.82) is 0 Å². The van der Waals surface area contributed by atoms with Gasteiger partial charge in [-0.2, -0.15) is 0 Å². The molecule has 3 aromatic rings. The maximum absolute atomic E-state index is 13.6. The van der Waals surface area contributed by atoms with Gasteiger partial charge in [-0.3, -0.25) is 4.79 Å². The summed E-state index contributed by atoms with van der Waals surface area (Å²) in [6.07, 6.45) is 0.172. The van der Waals surface area contributed by atoms with Crippen LogP contribution in [0.25, 0.3) is 0 Å². The average Bonchev–Trinajstić information content (AvgIpc) is 2.73. The van der Waals surface area contributed by atoms with Crippen LogP contribution in [0, 0.1) is 18.6 Å². The number of aliphatic hydroxyl groups excluding tert-OH is 1. The van der Waals surface area contributed by atoms with Crippen LogP contribution in [0.3, 0.4) is 0 Å². The summed E-state index contributed by atoms with van der Waals surface area (Å²) in [5.41, 5.74) is 2.64. The first-order valence-corrected chi connectivity index (χ1v) is 10.2. The van der Waals surface area contributed by atoms with Crippen LogP contribution in [0.1, 0.15) is 27.0 Å². The SMILES string of the molecule is Cc1cccc(CNC[C@@H](O)[C@H](Cc2cc(F)cc(F)c2)NC(=O)c2ccc(O)nc2)c1. The molecular weight excluding hydrogens is 416 g/mol. The highest BCUT2D eigenvalue weighted by Crippen LogP contribution is 2.13. The summed E-state index contributed by atoms with van der Waals surface area (Å²) in [4.78, 5) is 16.3. The van der Waals surface area contributed by atoms with Gasteiger partial charge in [-0.15, -0.1) is 0 Å². The van der Waals surface area contributed by atoms with Crippen molar-refractivity contribution in [3.63, 3.8) is 0 Å². The molecule has 0 spiro atoms. The number of aromatic nitrogens is 1. The molecule has 0 fully saturated rings. The molecule has 0 radical (unpaired) electrons. The summed E-state index contributed by atoms with van der Waals surface area (Å²) in [7, 11) is 0. The van der Waals surface area contributed by atoms with Gasteiger partial charge in [0.05, 0.1) is 17.7 Å². The van der Waals surface area contributed by atoms with E-state index in [0.717, 1.165) is 29.3 Å². The third-order valence-corrected chi connectivity index (χ3v) is 4.93. The largest absolute Gasteiger partial charge is 0.493 e. The van der Waals surface area contributed by atoms with E-state index in [2.05, 4.69) is 15.6 Å². The van der Waals surface area contributed by atoms with Gasteiger partial charge in [0.1, 0.15) is 11.6 Å². The number of amides is 1. The Bertz CT molecular complexity index is 1040. The second-order valence-electron chi connectivity index (χ2n) is 7.65. The van der Waals surface area contributed by atoms with E-state index in [4.69, 9.17) is 0 Å². The number of rotatable bonds is 9. The fourth-order valence-electron chi connectivity index (χ4n) is 3.37. The zero-order chi connectivity index (χ0) is 23.1. The molecule has 6 nitrogen and oxygen atoms in total. The molecule has 0 unspecified atom stereocenters. The van der Waals surface area contributed by atoms with Crippen LogP contribution in [0.4, 0.5) is 8.78 Å². The molecule has 1 heterocycles. The van der Waals surface area contributed by atoms with Crippen molar-refractivity contribution in [3.8, 4) is 5.88 Å². The highest BCUT2D eigenvalue weighted by atomic mass is 19.1. The number of nitrogens with one attached hydrogen (secondary N) is 2. The minimum atomic E-state index is -1.04. The summed E-state index contributed by atoms with van der Waals surface area (Å²) in [5, 5.41) is 25.9. The van der Waals surface area contributed by atoms with Crippen LogP contribution in [-0.4, -0.2) is 39.8 Å². The molecule has 0 saturated heterocycles. The number of hydrogen-bond acceptors (Lipinski definition) is 5. The zero-order valence-corrected chi connectivity index (χ0v) is 17.6. The summed E-state index contributed by atoms with van der Waals surface area (Å²) >= 11 is 0. The van der Waals surface area contributed by atoms with Gasteiger partial charge in [0.15, 0.2) is 0 Å². The minimum Gasteiger partial charge on any atom is -0.493 e. The van der Waals surface area contributed by atoms with Crippen LogP contribution >= 0.6 is 0 Å². The van der Waals surface area contributed by atoms with Crippen molar-refractivity contribution >= 4 is 5.91 Å². The number of aryl methyl sites for hydroxylation is 1. The molecule has 0 aliphatic heterocycles. The van der Waals surface area contributed by atoms with Crippen molar-refractivity contribution in [2.45, 2.75) is 32.0 Å². The Balaban J connectivity index is 1.70. The lowest BCUT2D eigenvalue weighted by Gasteiger charge is -2.25. The lowest BCUT2D eigenvalue weighted by molar-refractivity contribution is 0.0829. The number of carbonyl (C=O) groups is 1. The standard InChI is InChI=1S/C24H25F2N3O3/c1-15-3-2-4-16(7-15)12-27-14-22(30)21(10-17-8-19(25)11-20(26)9-17)29-24(32)18-5-6-23(31)28-13-18/h2-9,11,13,21-22,27,30H,10,12,14H2,1H3,(H,28,31)(H,29,32)/t21-,22+/m0/s1. The van der Waals surface area contributed by atoms with Crippen molar-refractivity contribution in [2.24, 2.45) is 0 Å². The highest BCUT2D eigenvalue weighted by Gasteiger charge is 2.23. The van der Waals surface area contributed by atoms with Gasteiger partial charge < -0.3 is 20.8 Å². The Morgan fingerprint density at radius 2 is 1.81 bits per heavy atom. The molecule has 0 aliphatic carbocycles. The molecule has 3 rings (SSSR count). The summed E-state index contributed by atoms with van der Waals surface area (Å²) in [6, 6.07) is 12.8. The molecule has 168 valence electrons. The molecule has 1 amide bonds. The van der Waals surface area contributed by atoms with E-state index < -0.39 is 29.7 Å². The van der Waals surface area contributed by atoms with Gasteiger partial charge in [0.2, 0.25) is 5.88 Å². The number of benzene rings is 2. The molecule has 0 bridgehead atoms. The first kappa shape index (κ1) is 23.3. The van der Waals surface area contributed by atoms with Gasteiger partial charge in [0.25, 0.3) is 5.91 Å². The minimum absolute atomic E-state index is 0.0131. The molecule has 2 aromatic carbocycles. The number of aromatic hydroxyl groups is 1. The smallest absolute Gasteiger partial charge is 0.253 e. The Hall–Kier alpha value is -3.36. The highest BCUT2D eigenvalue weighted by molar-refractivity contribution is 5.94. The van der Waals surface area contributed by atoms with Crippen LogP contribution in [-0.2, 0) is 13.0 Å². The molecule has 1 aromatic heterocycles. The van der Waals surface area contributed by atoms with Crippen LogP contribution < -0.4 is 10.6 Å². The lowest BCUT2D eigenvalue weighted by atomic mass is 10.00. The van der Waals surface area contributed by atoms with E-state index >= 15 is 0 Å². The first-order chi connectivity index (χ1) is 15.3. The number of carbonyl (C=O) groups excluding carboxylic acids is 1. The number of pyridine rings is 1. The van der Waals surface area contributed by atoms with Crippen LogP contribution in [0.5, 0.6) is 5.88 Å². The Morgan fingerprint density at radius 1 is 1.06 bits per heavy atom. The molecule has 2 atom stereocenters. The lowest BCUT2D eigenvalue weighted by Crippen LogP contribution is -2.48. The van der Waals surface area contributed by atoms with Crippen molar-refractivity contribution < 1.29 is 23.8 Å². The van der Waals surface area contributed by atoms with E-state index in [0.29, 0.717) is 12.1 Å². The average molecular weight is 441 g/mol. The quantitative estimate of drug-likeness (QED) is 0.410. The van der Waals surface area contributed by atoms with Gasteiger partial charge >= 0.3 is 0 Å². The van der Waals surface area contributed by atoms with Gasteiger partial charge in [-0.05, 0) is 42.7 Å². The predicted molar refractivity (Wildman–Crippen MR) is 116 cm³/mol. The molecule has 4 N–H and O–H groups in total. The number of halogens is 2. The molecule has 0 saturated carbocycles. The number of hydrogen-bond donors (Lipinski definition) is 4. The number of aliphatic hydroxyl groups is 1. The van der Waals surface area contributed by atoms with E-state index in [1.807, 2.05) is 31.2 Å². The predicted octanol–water partition coefficient (Wildman–Crippen LogP) is 2.87. The molecular formula is C24H25F2N3O3.